The molecule has 0 radical (unpaired) electrons. The van der Waals surface area contributed by atoms with Crippen LogP contribution in [-0.4, -0.2) is 19.4 Å². The zero-order valence-corrected chi connectivity index (χ0v) is 6.85. The summed E-state index contributed by atoms with van der Waals surface area (Å²) in [5.74, 6) is 5.40. The topological polar surface area (TPSA) is 35.5 Å². The van der Waals surface area contributed by atoms with Crippen molar-refractivity contribution in [3.05, 3.63) is 0 Å². The first-order valence-electron chi connectivity index (χ1n) is 2.97. The van der Waals surface area contributed by atoms with Crippen LogP contribution < -0.4 is 0 Å². The van der Waals surface area contributed by atoms with Gasteiger partial charge in [-0.1, -0.05) is 5.92 Å². The molecule has 0 bridgehead atoms. The van der Waals surface area contributed by atoms with Crippen LogP contribution in [0.5, 0.6) is 0 Å². The first-order valence-corrected chi connectivity index (χ1v) is 4.96. The van der Waals surface area contributed by atoms with E-state index in [9.17, 15) is 4.57 Å². The Balaban J connectivity index is 2.57. The lowest BCUT2D eigenvalue weighted by Gasteiger charge is -1.99. The maximum Gasteiger partial charge on any atom is 0.329 e. The van der Waals surface area contributed by atoms with Gasteiger partial charge in [-0.2, -0.15) is 0 Å². The van der Waals surface area contributed by atoms with E-state index in [-0.39, 0.29) is 6.10 Å². The predicted octanol–water partition coefficient (Wildman–Crippen LogP) is 1.25. The van der Waals surface area contributed by atoms with Gasteiger partial charge in [0.2, 0.25) is 0 Å². The van der Waals surface area contributed by atoms with Crippen molar-refractivity contribution in [2.45, 2.75) is 13.0 Å². The molecule has 0 aliphatic carbocycles. The second kappa shape index (κ2) is 2.75. The number of rotatable bonds is 0. The molecule has 1 saturated heterocycles. The van der Waals surface area contributed by atoms with E-state index in [1.165, 1.54) is 6.66 Å². The third kappa shape index (κ3) is 1.85. The van der Waals surface area contributed by atoms with Crippen LogP contribution in [0.4, 0.5) is 0 Å². The van der Waals surface area contributed by atoms with Crippen LogP contribution in [0.2, 0.25) is 0 Å². The van der Waals surface area contributed by atoms with Crippen molar-refractivity contribution >= 4 is 7.60 Å². The molecule has 0 aromatic carbocycles. The SMILES string of the molecule is CC#CC1COP(C)(=O)O1. The van der Waals surface area contributed by atoms with Gasteiger partial charge in [0.1, 0.15) is 0 Å². The highest BCUT2D eigenvalue weighted by atomic mass is 31.2. The molecule has 2 atom stereocenters. The minimum atomic E-state index is -2.73. The monoisotopic (exact) mass is 160 g/mol. The van der Waals surface area contributed by atoms with E-state index < -0.39 is 7.60 Å². The summed E-state index contributed by atoms with van der Waals surface area (Å²) in [7, 11) is -2.73. The highest BCUT2D eigenvalue weighted by molar-refractivity contribution is 7.53. The zero-order valence-electron chi connectivity index (χ0n) is 5.96. The Kier molecular flexibility index (Phi) is 2.15. The van der Waals surface area contributed by atoms with E-state index in [4.69, 9.17) is 9.05 Å². The molecule has 1 rings (SSSR count). The first-order chi connectivity index (χ1) is 4.64. The average molecular weight is 160 g/mol. The molecule has 3 nitrogen and oxygen atoms in total. The fraction of sp³-hybridized carbons (Fsp3) is 0.667. The van der Waals surface area contributed by atoms with E-state index in [2.05, 4.69) is 11.8 Å². The molecule has 0 aromatic rings. The van der Waals surface area contributed by atoms with Crippen molar-refractivity contribution in [3.63, 3.8) is 0 Å². The second-order valence-corrected chi connectivity index (χ2v) is 4.07. The minimum absolute atomic E-state index is 0.291. The summed E-state index contributed by atoms with van der Waals surface area (Å²) in [6.45, 7) is 3.49. The lowest BCUT2D eigenvalue weighted by molar-refractivity contribution is 0.297. The molecule has 0 saturated carbocycles. The first kappa shape index (κ1) is 7.81. The second-order valence-electron chi connectivity index (χ2n) is 2.06. The minimum Gasteiger partial charge on any atom is -0.305 e. The van der Waals surface area contributed by atoms with Crippen molar-refractivity contribution in [2.24, 2.45) is 0 Å². The van der Waals surface area contributed by atoms with Crippen molar-refractivity contribution in [1.29, 1.82) is 0 Å². The highest BCUT2D eigenvalue weighted by Crippen LogP contribution is 2.49. The Morgan fingerprint density at radius 3 is 2.80 bits per heavy atom. The third-order valence-electron chi connectivity index (χ3n) is 1.08. The van der Waals surface area contributed by atoms with E-state index in [0.29, 0.717) is 6.61 Å². The highest BCUT2D eigenvalue weighted by Gasteiger charge is 2.30. The van der Waals surface area contributed by atoms with Crippen molar-refractivity contribution in [1.82, 2.24) is 0 Å². The molecule has 4 heteroatoms. The molecule has 0 amide bonds. The summed E-state index contributed by atoms with van der Waals surface area (Å²) in [6.07, 6.45) is -0.291. The van der Waals surface area contributed by atoms with Gasteiger partial charge >= 0.3 is 7.60 Å². The fourth-order valence-corrected chi connectivity index (χ4v) is 1.77. The van der Waals surface area contributed by atoms with Crippen LogP contribution in [0.3, 0.4) is 0 Å². The summed E-state index contributed by atoms with van der Waals surface area (Å²) in [4.78, 5) is 0. The largest absolute Gasteiger partial charge is 0.329 e. The van der Waals surface area contributed by atoms with Gasteiger partial charge in [-0.05, 0) is 6.92 Å². The van der Waals surface area contributed by atoms with Crippen LogP contribution in [-0.2, 0) is 13.6 Å². The molecule has 1 aliphatic heterocycles. The van der Waals surface area contributed by atoms with Crippen molar-refractivity contribution < 1.29 is 13.6 Å². The van der Waals surface area contributed by atoms with Crippen LogP contribution in [0.25, 0.3) is 0 Å². The smallest absolute Gasteiger partial charge is 0.305 e. The Hall–Kier alpha value is -0.290. The molecule has 0 aromatic heterocycles. The van der Waals surface area contributed by atoms with Gasteiger partial charge < -0.3 is 4.52 Å². The molecule has 2 unspecified atom stereocenters. The predicted molar refractivity (Wildman–Crippen MR) is 37.8 cm³/mol. The molecular formula is C6H9O3P. The summed E-state index contributed by atoms with van der Waals surface area (Å²) in [6, 6.07) is 0. The zero-order chi connectivity index (χ0) is 7.61. The van der Waals surface area contributed by atoms with E-state index in [1.807, 2.05) is 0 Å². The molecule has 1 aliphatic rings. The lowest BCUT2D eigenvalue weighted by atomic mass is 10.4. The van der Waals surface area contributed by atoms with E-state index in [0.717, 1.165) is 0 Å². The van der Waals surface area contributed by atoms with Gasteiger partial charge in [-0.25, -0.2) is 0 Å². The summed E-state index contributed by atoms with van der Waals surface area (Å²) < 4.78 is 20.8. The fourth-order valence-electron chi connectivity index (χ4n) is 0.724. The van der Waals surface area contributed by atoms with Gasteiger partial charge in [-0.15, -0.1) is 5.92 Å². The molecular weight excluding hydrogens is 151 g/mol. The lowest BCUT2D eigenvalue weighted by Crippen LogP contribution is -2.03. The molecule has 1 heterocycles. The van der Waals surface area contributed by atoms with Crippen LogP contribution in [0, 0.1) is 11.8 Å². The average Bonchev–Trinajstić information content (AvgIpc) is 2.12. The van der Waals surface area contributed by atoms with Crippen LogP contribution in [0.1, 0.15) is 6.92 Å². The summed E-state index contributed by atoms with van der Waals surface area (Å²) in [5, 5.41) is 0. The van der Waals surface area contributed by atoms with E-state index >= 15 is 0 Å². The van der Waals surface area contributed by atoms with Gasteiger partial charge in [0.05, 0.1) is 6.61 Å². The summed E-state index contributed by atoms with van der Waals surface area (Å²) in [5.41, 5.74) is 0. The van der Waals surface area contributed by atoms with Gasteiger partial charge in [-0.3, -0.25) is 9.09 Å². The molecule has 56 valence electrons. The quantitative estimate of drug-likeness (QED) is 0.395. The van der Waals surface area contributed by atoms with Crippen LogP contribution in [0.15, 0.2) is 0 Å². The van der Waals surface area contributed by atoms with E-state index in [1.54, 1.807) is 6.92 Å². The Bertz CT molecular complexity index is 225. The van der Waals surface area contributed by atoms with Crippen molar-refractivity contribution in [2.75, 3.05) is 13.3 Å². The van der Waals surface area contributed by atoms with Crippen LogP contribution >= 0.6 is 7.60 Å². The Morgan fingerprint density at radius 2 is 2.40 bits per heavy atom. The maximum atomic E-state index is 11.0. The van der Waals surface area contributed by atoms with Gasteiger partial charge in [0.25, 0.3) is 0 Å². The normalized spacial score (nSPS) is 38.8. The summed E-state index contributed by atoms with van der Waals surface area (Å²) >= 11 is 0. The van der Waals surface area contributed by atoms with Gasteiger partial charge in [0, 0.05) is 6.66 Å². The Morgan fingerprint density at radius 1 is 1.70 bits per heavy atom. The van der Waals surface area contributed by atoms with Crippen molar-refractivity contribution in [3.8, 4) is 11.8 Å². The molecule has 0 spiro atoms. The standard InChI is InChI=1S/C6H9O3P/c1-3-4-6-5-8-10(2,7)9-6/h6H,5H2,1-2H3. The molecule has 10 heavy (non-hydrogen) atoms. The number of hydrogen-bond acceptors (Lipinski definition) is 3. The molecule has 0 N–H and O–H groups in total. The third-order valence-corrected chi connectivity index (χ3v) is 2.34. The van der Waals surface area contributed by atoms with Gasteiger partial charge in [0.15, 0.2) is 6.10 Å². The number of hydrogen-bond donors (Lipinski definition) is 0. The maximum absolute atomic E-state index is 11.0. The molecule has 1 fully saturated rings. The Labute approximate surface area is 60.2 Å².